The van der Waals surface area contributed by atoms with Gasteiger partial charge in [-0.15, -0.1) is 0 Å². The summed E-state index contributed by atoms with van der Waals surface area (Å²) in [5, 5.41) is 17.3. The maximum absolute atomic E-state index is 10.5. The predicted octanol–water partition coefficient (Wildman–Crippen LogP) is 4.45. The summed E-state index contributed by atoms with van der Waals surface area (Å²) in [6.07, 6.45) is 10.5. The summed E-state index contributed by atoms with van der Waals surface area (Å²) in [6.45, 7) is 7.94. The summed E-state index contributed by atoms with van der Waals surface area (Å²) in [6, 6.07) is 2.93. The van der Waals surface area contributed by atoms with Crippen molar-refractivity contribution in [2.45, 2.75) is 110 Å². The molecule has 0 unspecified atom stereocenters. The van der Waals surface area contributed by atoms with Gasteiger partial charge in [0.15, 0.2) is 5.54 Å². The number of hydrazine groups is 1. The minimum atomic E-state index is -0.484. The number of hydrogen-bond acceptors (Lipinski definition) is 6. The van der Waals surface area contributed by atoms with Gasteiger partial charge in [0, 0.05) is 18.9 Å². The lowest BCUT2D eigenvalue weighted by Gasteiger charge is -2.25. The van der Waals surface area contributed by atoms with Crippen LogP contribution < -0.4 is 11.3 Å². The summed E-state index contributed by atoms with van der Waals surface area (Å²) in [5.41, 5.74) is 2.04. The van der Waals surface area contributed by atoms with Crippen LogP contribution in [-0.4, -0.2) is 23.4 Å². The van der Waals surface area contributed by atoms with Crippen LogP contribution in [0.4, 0.5) is 0 Å². The van der Waals surface area contributed by atoms with Crippen LogP contribution >= 0.6 is 0 Å². The number of carbonyl (C=O) groups is 1. The number of nitrogens with zero attached hydrogens (tertiary/aromatic N) is 3. The van der Waals surface area contributed by atoms with Gasteiger partial charge in [0.05, 0.1) is 12.1 Å². The van der Waals surface area contributed by atoms with Crippen LogP contribution in [0.3, 0.4) is 0 Å². The van der Waals surface area contributed by atoms with Crippen LogP contribution in [-0.2, 0) is 4.79 Å². The first-order valence-electron chi connectivity index (χ1n) is 9.66. The Morgan fingerprint density at radius 3 is 1.84 bits per heavy atom. The molecule has 0 aromatic rings. The average molecular weight is 352 g/mol. The van der Waals surface area contributed by atoms with Crippen LogP contribution in [0.25, 0.3) is 0 Å². The Hall–Kier alpha value is -1.32. The highest BCUT2D eigenvalue weighted by molar-refractivity contribution is 5.78. The molecule has 3 N–H and O–H groups in total. The third-order valence-electron chi connectivity index (χ3n) is 4.11. The number of nitrogens with one attached hydrogen (secondary N) is 1. The number of nitrogens with two attached hydrogens (primary N) is 1. The van der Waals surface area contributed by atoms with Crippen molar-refractivity contribution in [3.05, 3.63) is 0 Å². The number of nitriles is 1. The van der Waals surface area contributed by atoms with E-state index in [9.17, 15) is 4.79 Å². The highest BCUT2D eigenvalue weighted by Crippen LogP contribution is 2.31. The van der Waals surface area contributed by atoms with Crippen molar-refractivity contribution in [3.8, 4) is 6.07 Å². The fourth-order valence-corrected chi connectivity index (χ4v) is 2.54. The van der Waals surface area contributed by atoms with E-state index in [1.165, 1.54) is 12.8 Å². The molecule has 0 bridgehead atoms. The lowest BCUT2D eigenvalue weighted by Crippen LogP contribution is -2.29. The van der Waals surface area contributed by atoms with Crippen molar-refractivity contribution in [2.24, 2.45) is 16.1 Å². The molecule has 0 saturated heterocycles. The van der Waals surface area contributed by atoms with Crippen molar-refractivity contribution < 1.29 is 4.79 Å². The number of hydrogen-bond donors (Lipinski definition) is 2. The van der Waals surface area contributed by atoms with E-state index in [1.54, 1.807) is 0 Å². The number of Topliss-reactive ketones (excluding diaryl/α,β-unsaturated/α-hetero) is 1. The molecule has 0 heterocycles. The van der Waals surface area contributed by atoms with Crippen molar-refractivity contribution in [3.63, 3.8) is 0 Å². The molecule has 2 rings (SSSR count). The van der Waals surface area contributed by atoms with E-state index in [4.69, 9.17) is 11.1 Å². The molecule has 2 fully saturated rings. The van der Waals surface area contributed by atoms with Crippen molar-refractivity contribution >= 4 is 5.78 Å². The Kier molecular flexibility index (Phi) is 13.2. The quantitative estimate of drug-likeness (QED) is 0.445. The van der Waals surface area contributed by atoms with Crippen molar-refractivity contribution in [2.75, 3.05) is 0 Å². The summed E-state index contributed by atoms with van der Waals surface area (Å²) in [5.74, 6) is 5.39. The Bertz CT molecular complexity index is 412. The van der Waals surface area contributed by atoms with Gasteiger partial charge < -0.3 is 0 Å². The van der Waals surface area contributed by atoms with Gasteiger partial charge in [0.25, 0.3) is 0 Å². The van der Waals surface area contributed by atoms with Crippen molar-refractivity contribution in [1.29, 1.82) is 5.26 Å². The normalized spacial score (nSPS) is 19.7. The van der Waals surface area contributed by atoms with Crippen LogP contribution in [0, 0.1) is 11.3 Å². The fraction of sp³-hybridized carbons (Fsp3) is 0.895. The van der Waals surface area contributed by atoms with E-state index in [1.807, 2.05) is 27.7 Å². The van der Waals surface area contributed by atoms with E-state index >= 15 is 0 Å². The monoisotopic (exact) mass is 351 g/mol. The zero-order valence-corrected chi connectivity index (χ0v) is 16.6. The maximum atomic E-state index is 10.5. The molecular weight excluding hydrogens is 314 g/mol. The maximum Gasteiger partial charge on any atom is 0.167 e. The van der Waals surface area contributed by atoms with Gasteiger partial charge in [-0.25, -0.2) is 0 Å². The van der Waals surface area contributed by atoms with Gasteiger partial charge in [-0.1, -0.05) is 12.8 Å². The molecule has 0 atom stereocenters. The first-order valence-corrected chi connectivity index (χ1v) is 9.66. The molecule has 6 nitrogen and oxygen atoms in total. The second kappa shape index (κ2) is 13.9. The second-order valence-corrected chi connectivity index (χ2v) is 7.43. The topological polar surface area (TPSA) is 104 Å². The highest BCUT2D eigenvalue weighted by Gasteiger charge is 2.31. The van der Waals surface area contributed by atoms with Gasteiger partial charge in [-0.3, -0.25) is 16.1 Å². The largest absolute Gasteiger partial charge is 0.300 e. The Morgan fingerprint density at radius 2 is 1.52 bits per heavy atom. The van der Waals surface area contributed by atoms with Gasteiger partial charge in [0.2, 0.25) is 0 Å². The molecule has 0 aromatic heterocycles. The minimum Gasteiger partial charge on any atom is -0.300 e. The predicted molar refractivity (Wildman–Crippen MR) is 102 cm³/mol. The van der Waals surface area contributed by atoms with E-state index in [2.05, 4.69) is 21.7 Å². The van der Waals surface area contributed by atoms with E-state index in [0.717, 1.165) is 51.4 Å². The van der Waals surface area contributed by atoms with Gasteiger partial charge in [0.1, 0.15) is 5.78 Å². The summed E-state index contributed by atoms with van der Waals surface area (Å²) < 4.78 is 0. The standard InChI is InChI=1S/C10H17N3.C6H10O.C3H10N2/c1-9(2)12-13-10(8-11)6-4-3-5-7-10;7-6-4-2-1-3-5-6;1-3(2)5-4/h9H,3-7H2,1-2H3;1-5H2;3,5H,4H2,1-2H3/b13-12+;;. The fourth-order valence-electron chi connectivity index (χ4n) is 2.54. The Balaban J connectivity index is 0.000000401. The third-order valence-corrected chi connectivity index (χ3v) is 4.11. The lowest BCUT2D eigenvalue weighted by molar-refractivity contribution is -0.120. The van der Waals surface area contributed by atoms with Crippen molar-refractivity contribution in [1.82, 2.24) is 5.43 Å². The number of rotatable bonds is 3. The molecule has 0 aromatic carbocycles. The molecule has 0 aliphatic heterocycles. The Labute approximate surface area is 153 Å². The summed E-state index contributed by atoms with van der Waals surface area (Å²) >= 11 is 0. The van der Waals surface area contributed by atoms with E-state index in [-0.39, 0.29) is 6.04 Å². The van der Waals surface area contributed by atoms with Crippen LogP contribution in [0.5, 0.6) is 0 Å². The summed E-state index contributed by atoms with van der Waals surface area (Å²) in [4.78, 5) is 10.5. The molecule has 25 heavy (non-hydrogen) atoms. The zero-order chi connectivity index (χ0) is 19.1. The zero-order valence-electron chi connectivity index (χ0n) is 16.6. The molecule has 0 radical (unpaired) electrons. The van der Waals surface area contributed by atoms with Crippen LogP contribution in [0.1, 0.15) is 91.9 Å². The lowest BCUT2D eigenvalue weighted by atomic mass is 9.84. The van der Waals surface area contributed by atoms with Gasteiger partial charge in [-0.2, -0.15) is 15.5 Å². The van der Waals surface area contributed by atoms with Gasteiger partial charge in [-0.05, 0) is 66.2 Å². The van der Waals surface area contributed by atoms with E-state index in [0.29, 0.717) is 11.8 Å². The molecule has 2 aliphatic carbocycles. The summed E-state index contributed by atoms with van der Waals surface area (Å²) in [7, 11) is 0. The van der Waals surface area contributed by atoms with E-state index < -0.39 is 5.54 Å². The molecule has 6 heteroatoms. The van der Waals surface area contributed by atoms with Crippen LogP contribution in [0.15, 0.2) is 10.2 Å². The number of ketones is 1. The van der Waals surface area contributed by atoms with Gasteiger partial charge >= 0.3 is 0 Å². The number of azo groups is 1. The highest BCUT2D eigenvalue weighted by atomic mass is 16.1. The SMILES string of the molecule is CC(C)/N=N/C1(C#N)CCCCC1.CC(C)NN.O=C1CCCCC1. The first-order chi connectivity index (χ1) is 11.8. The second-order valence-electron chi connectivity index (χ2n) is 7.43. The molecule has 144 valence electrons. The smallest absolute Gasteiger partial charge is 0.167 e. The molecule has 0 amide bonds. The molecular formula is C19H37N5O. The molecule has 2 saturated carbocycles. The first kappa shape index (κ1) is 23.7. The van der Waals surface area contributed by atoms with Crippen LogP contribution in [0.2, 0.25) is 0 Å². The Morgan fingerprint density at radius 1 is 1.04 bits per heavy atom. The molecule has 2 aliphatic rings. The number of carbonyl (C=O) groups excluding carboxylic acids is 1. The minimum absolute atomic E-state index is 0.201. The average Bonchev–Trinajstić information content (AvgIpc) is 2.62. The molecule has 0 spiro atoms. The third kappa shape index (κ3) is 12.7.